The fraction of sp³-hybridized carbons (Fsp3) is 0.0500. The maximum Gasteiger partial charge on any atom is 0.132 e. The molecule has 4 rings (SSSR count). The van der Waals surface area contributed by atoms with E-state index in [0.717, 1.165) is 28.2 Å². The minimum atomic E-state index is -0.318. The number of benzene rings is 2. The number of rotatable bonds is 2. The molecule has 2 N–H and O–H groups in total. The predicted octanol–water partition coefficient (Wildman–Crippen LogP) is 4.34. The summed E-state index contributed by atoms with van der Waals surface area (Å²) >= 11 is 0. The zero-order chi connectivity index (χ0) is 17.4. The molecule has 4 aromatic rings. The molecule has 4 nitrogen and oxygen atoms in total. The molecule has 0 spiro atoms. The first-order valence-corrected chi connectivity index (χ1v) is 7.88. The van der Waals surface area contributed by atoms with Gasteiger partial charge in [0.25, 0.3) is 0 Å². The molecule has 0 fully saturated rings. The minimum Gasteiger partial charge on any atom is -0.359 e. The summed E-state index contributed by atoms with van der Waals surface area (Å²) in [6, 6.07) is 14.4. The molecule has 0 radical (unpaired) electrons. The third kappa shape index (κ3) is 2.50. The van der Waals surface area contributed by atoms with Crippen molar-refractivity contribution in [2.24, 2.45) is 4.99 Å². The largest absolute Gasteiger partial charge is 0.359 e. The fourth-order valence-corrected chi connectivity index (χ4v) is 3.07. The number of nitrogens with one attached hydrogen (secondary N) is 2. The number of nitrogens with zero attached hydrogens (tertiary/aromatic N) is 2. The number of halogens is 1. The molecule has 0 unspecified atom stereocenters. The van der Waals surface area contributed by atoms with Crippen molar-refractivity contribution in [1.29, 1.82) is 5.41 Å². The van der Waals surface area contributed by atoms with Crippen molar-refractivity contribution in [3.05, 3.63) is 71.5 Å². The van der Waals surface area contributed by atoms with Crippen LogP contribution in [0.2, 0.25) is 0 Å². The van der Waals surface area contributed by atoms with Crippen molar-refractivity contribution < 1.29 is 4.39 Å². The van der Waals surface area contributed by atoms with Crippen molar-refractivity contribution >= 4 is 28.1 Å². The summed E-state index contributed by atoms with van der Waals surface area (Å²) in [5.41, 5.74) is 3.39. The third-order valence-corrected chi connectivity index (χ3v) is 4.20. The molecule has 0 amide bonds. The minimum absolute atomic E-state index is 0.318. The lowest BCUT2D eigenvalue weighted by molar-refractivity contribution is 0.630. The first-order chi connectivity index (χ1) is 12.2. The number of H-pyrrole nitrogens is 1. The van der Waals surface area contributed by atoms with Gasteiger partial charge in [0.2, 0.25) is 0 Å². The Morgan fingerprint density at radius 1 is 1.12 bits per heavy atom. The second kappa shape index (κ2) is 5.94. The van der Waals surface area contributed by atoms with Crippen molar-refractivity contribution in [3.8, 4) is 11.3 Å². The van der Waals surface area contributed by atoms with Crippen LogP contribution in [0.15, 0.2) is 59.7 Å². The summed E-state index contributed by atoms with van der Waals surface area (Å²) in [6.45, 7) is 1.92. The number of aromatic nitrogens is 2. The molecule has 0 saturated carbocycles. The average molecular weight is 330 g/mol. The maximum atomic E-state index is 14.6. The molecule has 25 heavy (non-hydrogen) atoms. The summed E-state index contributed by atoms with van der Waals surface area (Å²) in [7, 11) is 0. The number of aromatic amines is 1. The molecule has 0 aliphatic heterocycles. The van der Waals surface area contributed by atoms with E-state index >= 15 is 0 Å². The molecule has 0 aliphatic rings. The number of fused-ring (bicyclic) bond motifs is 2. The highest BCUT2D eigenvalue weighted by Crippen LogP contribution is 2.29. The quantitative estimate of drug-likeness (QED) is 0.417. The molecular weight excluding hydrogens is 315 g/mol. The average Bonchev–Trinajstić information content (AvgIpc) is 3.05. The van der Waals surface area contributed by atoms with Gasteiger partial charge in [-0.15, -0.1) is 0 Å². The van der Waals surface area contributed by atoms with Gasteiger partial charge in [0.05, 0.1) is 22.1 Å². The van der Waals surface area contributed by atoms with E-state index in [4.69, 9.17) is 10.4 Å². The van der Waals surface area contributed by atoms with Gasteiger partial charge < -0.3 is 4.98 Å². The lowest BCUT2D eigenvalue weighted by Gasteiger charge is -2.04. The van der Waals surface area contributed by atoms with E-state index in [-0.39, 0.29) is 5.82 Å². The molecule has 5 heteroatoms. The molecule has 0 atom stereocenters. The van der Waals surface area contributed by atoms with Crippen LogP contribution >= 0.6 is 0 Å². The molecule has 2 aromatic heterocycles. The van der Waals surface area contributed by atoms with Crippen molar-refractivity contribution in [1.82, 2.24) is 9.97 Å². The van der Waals surface area contributed by atoms with Gasteiger partial charge in [-0.1, -0.05) is 29.8 Å². The molecule has 122 valence electrons. The normalized spacial score (nSPS) is 12.0. The summed E-state index contributed by atoms with van der Waals surface area (Å²) in [6.07, 6.45) is 2.79. The lowest BCUT2D eigenvalue weighted by atomic mass is 10.1. The second-order valence-electron chi connectivity index (χ2n) is 5.83. The topological polar surface area (TPSA) is 64.9 Å². The summed E-state index contributed by atoms with van der Waals surface area (Å²) in [5.74, 6) is -0.318. The number of hydrogen-bond donors (Lipinski definition) is 2. The van der Waals surface area contributed by atoms with E-state index in [0.29, 0.717) is 22.1 Å². The summed E-state index contributed by atoms with van der Waals surface area (Å²) in [5, 5.41) is 9.59. The van der Waals surface area contributed by atoms with E-state index in [1.165, 1.54) is 6.07 Å². The Morgan fingerprint density at radius 3 is 2.80 bits per heavy atom. The fourth-order valence-electron chi connectivity index (χ4n) is 3.07. The summed E-state index contributed by atoms with van der Waals surface area (Å²) in [4.78, 5) is 12.2. The van der Waals surface area contributed by atoms with E-state index in [1.807, 2.05) is 37.3 Å². The van der Waals surface area contributed by atoms with Crippen LogP contribution in [-0.2, 0) is 0 Å². The molecule has 0 aliphatic carbocycles. The van der Waals surface area contributed by atoms with Crippen LogP contribution in [0.5, 0.6) is 0 Å². The van der Waals surface area contributed by atoms with Crippen LogP contribution < -0.4 is 5.36 Å². The molecule has 2 heterocycles. The second-order valence-corrected chi connectivity index (χ2v) is 5.83. The monoisotopic (exact) mass is 330 g/mol. The Kier molecular flexibility index (Phi) is 3.61. The highest BCUT2D eigenvalue weighted by atomic mass is 19.1. The van der Waals surface area contributed by atoms with Gasteiger partial charge in [-0.2, -0.15) is 0 Å². The third-order valence-electron chi connectivity index (χ3n) is 4.20. The Hall–Kier alpha value is -3.34. The van der Waals surface area contributed by atoms with Gasteiger partial charge >= 0.3 is 0 Å². The van der Waals surface area contributed by atoms with E-state index < -0.39 is 0 Å². The van der Waals surface area contributed by atoms with Crippen LogP contribution in [0, 0.1) is 18.2 Å². The van der Waals surface area contributed by atoms with Crippen LogP contribution in [0.1, 0.15) is 5.56 Å². The molecule has 0 bridgehead atoms. The van der Waals surface area contributed by atoms with Crippen LogP contribution in [0.25, 0.3) is 33.1 Å². The summed E-state index contributed by atoms with van der Waals surface area (Å²) < 4.78 is 14.6. The zero-order valence-corrected chi connectivity index (χ0v) is 13.5. The molecule has 2 aromatic carbocycles. The first kappa shape index (κ1) is 15.2. The first-order valence-electron chi connectivity index (χ1n) is 7.88. The van der Waals surface area contributed by atoms with Crippen LogP contribution in [-0.4, -0.2) is 16.3 Å². The van der Waals surface area contributed by atoms with E-state index in [2.05, 4.69) is 9.98 Å². The predicted molar refractivity (Wildman–Crippen MR) is 98.1 cm³/mol. The van der Waals surface area contributed by atoms with Crippen LogP contribution in [0.3, 0.4) is 0 Å². The van der Waals surface area contributed by atoms with Crippen molar-refractivity contribution in [2.75, 3.05) is 0 Å². The Balaban J connectivity index is 2.29. The zero-order valence-electron chi connectivity index (χ0n) is 13.5. The molecule has 0 saturated heterocycles. The van der Waals surface area contributed by atoms with E-state index in [1.54, 1.807) is 18.3 Å². The van der Waals surface area contributed by atoms with Crippen LogP contribution in [0.4, 0.5) is 4.39 Å². The van der Waals surface area contributed by atoms with Gasteiger partial charge in [0, 0.05) is 22.5 Å². The standard InChI is InChI=1S/C20H15FN4/c1-12-6-7-16(21)15(10-12)18-14-8-9-23-20(14)19(24-11-22)13-4-2-3-5-17(13)25-18/h2-11,22-23H,1H3. The smallest absolute Gasteiger partial charge is 0.132 e. The van der Waals surface area contributed by atoms with Gasteiger partial charge in [0.15, 0.2) is 0 Å². The van der Waals surface area contributed by atoms with Gasteiger partial charge in [-0.3, -0.25) is 5.41 Å². The Bertz CT molecular complexity index is 1190. The van der Waals surface area contributed by atoms with Gasteiger partial charge in [0.1, 0.15) is 12.2 Å². The highest BCUT2D eigenvalue weighted by Gasteiger charge is 2.13. The number of hydrogen-bond acceptors (Lipinski definition) is 2. The highest BCUT2D eigenvalue weighted by molar-refractivity contribution is 5.98. The maximum absolute atomic E-state index is 14.6. The Labute approximate surface area is 143 Å². The van der Waals surface area contributed by atoms with Gasteiger partial charge in [-0.05, 0) is 31.2 Å². The van der Waals surface area contributed by atoms with Crippen molar-refractivity contribution in [3.63, 3.8) is 0 Å². The number of aryl methyl sites for hydroxylation is 1. The lowest BCUT2D eigenvalue weighted by Crippen LogP contribution is -2.02. The Morgan fingerprint density at radius 2 is 1.96 bits per heavy atom. The SMILES string of the molecule is Cc1ccc(F)c(-c2nc3ccccc3c(=NC=N)c3[nH]ccc23)c1. The number of para-hydroxylation sites is 1. The van der Waals surface area contributed by atoms with Gasteiger partial charge in [-0.25, -0.2) is 14.4 Å². The molecular formula is C20H15FN4. The van der Waals surface area contributed by atoms with Crippen molar-refractivity contribution in [2.45, 2.75) is 6.92 Å². The van der Waals surface area contributed by atoms with E-state index in [9.17, 15) is 4.39 Å².